The first-order valence-corrected chi connectivity index (χ1v) is 9.02. The molecule has 29 heavy (non-hydrogen) atoms. The van der Waals surface area contributed by atoms with Crippen LogP contribution in [0.4, 0.5) is 0 Å². The highest BCUT2D eigenvalue weighted by Gasteiger charge is 2.05. The number of hydrogen-bond acceptors (Lipinski definition) is 5. The van der Waals surface area contributed by atoms with Crippen LogP contribution in [0.2, 0.25) is 0 Å². The molecule has 148 valence electrons. The van der Waals surface area contributed by atoms with Crippen molar-refractivity contribution in [3.05, 3.63) is 78.4 Å². The molecule has 1 amide bonds. The van der Waals surface area contributed by atoms with Gasteiger partial charge in [0, 0.05) is 11.6 Å². The minimum absolute atomic E-state index is 0.137. The van der Waals surface area contributed by atoms with Crippen LogP contribution in [0.15, 0.2) is 77.9 Å². The molecule has 0 spiro atoms. The highest BCUT2D eigenvalue weighted by atomic mass is 16.5. The molecular weight excluding hydrogens is 368 g/mol. The summed E-state index contributed by atoms with van der Waals surface area (Å²) in [5.41, 5.74) is 5.36. The summed E-state index contributed by atoms with van der Waals surface area (Å²) in [5.74, 6) is 1.52. The normalized spacial score (nSPS) is 10.6. The molecule has 0 aromatic heterocycles. The lowest BCUT2D eigenvalue weighted by atomic mass is 10.1. The Balaban J connectivity index is 1.51. The molecule has 0 aliphatic carbocycles. The molecule has 0 aliphatic heterocycles. The number of methoxy groups -OCH3 is 2. The molecule has 0 aliphatic rings. The summed E-state index contributed by atoms with van der Waals surface area (Å²) in [6, 6.07) is 22.9. The van der Waals surface area contributed by atoms with Gasteiger partial charge < -0.3 is 14.2 Å². The summed E-state index contributed by atoms with van der Waals surface area (Å²) < 4.78 is 15.9. The molecule has 0 heterocycles. The summed E-state index contributed by atoms with van der Waals surface area (Å²) in [4.78, 5) is 11.9. The third kappa shape index (κ3) is 5.59. The molecule has 6 nitrogen and oxygen atoms in total. The topological polar surface area (TPSA) is 69.2 Å². The second-order valence-electron chi connectivity index (χ2n) is 6.08. The lowest BCUT2D eigenvalue weighted by Gasteiger charge is -2.08. The number of amides is 1. The van der Waals surface area contributed by atoms with Crippen molar-refractivity contribution in [2.75, 3.05) is 20.8 Å². The van der Waals surface area contributed by atoms with Crippen LogP contribution in [0.5, 0.6) is 17.2 Å². The van der Waals surface area contributed by atoms with Crippen molar-refractivity contribution in [1.29, 1.82) is 0 Å². The van der Waals surface area contributed by atoms with E-state index < -0.39 is 0 Å². The average molecular weight is 390 g/mol. The van der Waals surface area contributed by atoms with Gasteiger partial charge in [-0.1, -0.05) is 42.5 Å². The van der Waals surface area contributed by atoms with Crippen LogP contribution in [-0.4, -0.2) is 32.9 Å². The molecule has 0 bridgehead atoms. The molecule has 3 rings (SSSR count). The van der Waals surface area contributed by atoms with E-state index in [-0.39, 0.29) is 12.5 Å². The fourth-order valence-corrected chi connectivity index (χ4v) is 2.65. The van der Waals surface area contributed by atoms with Gasteiger partial charge in [0.25, 0.3) is 5.91 Å². The molecule has 0 fully saturated rings. The fourth-order valence-electron chi connectivity index (χ4n) is 2.65. The van der Waals surface area contributed by atoms with Gasteiger partial charge >= 0.3 is 0 Å². The number of hydrazone groups is 1. The zero-order valence-corrected chi connectivity index (χ0v) is 16.3. The first-order valence-electron chi connectivity index (χ1n) is 9.02. The lowest BCUT2D eigenvalue weighted by molar-refractivity contribution is -0.123. The Morgan fingerprint density at radius 1 is 0.897 bits per heavy atom. The highest BCUT2D eigenvalue weighted by molar-refractivity contribution is 5.85. The number of benzene rings is 3. The van der Waals surface area contributed by atoms with Crippen molar-refractivity contribution < 1.29 is 19.0 Å². The van der Waals surface area contributed by atoms with Crippen molar-refractivity contribution in [2.45, 2.75) is 0 Å². The summed E-state index contributed by atoms with van der Waals surface area (Å²) >= 11 is 0. The standard InChI is InChI=1S/C23H22N2O4/c1-27-21-13-10-19(22(14-21)28-2)15-24-25-23(26)16-29-20-11-8-18(9-12-20)17-6-4-3-5-7-17/h3-15H,16H2,1-2H3,(H,25,26)/b24-15+. The Hall–Kier alpha value is -3.80. The van der Waals surface area contributed by atoms with Crippen molar-refractivity contribution in [3.8, 4) is 28.4 Å². The number of carbonyl (C=O) groups excluding carboxylic acids is 1. The van der Waals surface area contributed by atoms with Crippen molar-refractivity contribution in [1.82, 2.24) is 5.43 Å². The minimum Gasteiger partial charge on any atom is -0.497 e. The van der Waals surface area contributed by atoms with E-state index in [0.29, 0.717) is 22.8 Å². The Kier molecular flexibility index (Phi) is 6.84. The van der Waals surface area contributed by atoms with Gasteiger partial charge in [0.05, 0.1) is 20.4 Å². The van der Waals surface area contributed by atoms with E-state index in [4.69, 9.17) is 14.2 Å². The quantitative estimate of drug-likeness (QED) is 0.468. The van der Waals surface area contributed by atoms with Crippen molar-refractivity contribution in [3.63, 3.8) is 0 Å². The average Bonchev–Trinajstić information content (AvgIpc) is 2.78. The van der Waals surface area contributed by atoms with Gasteiger partial charge in [-0.05, 0) is 35.4 Å². The molecule has 3 aromatic rings. The van der Waals surface area contributed by atoms with Crippen molar-refractivity contribution in [2.24, 2.45) is 5.10 Å². The number of nitrogens with zero attached hydrogens (tertiary/aromatic N) is 1. The summed E-state index contributed by atoms with van der Waals surface area (Å²) in [6.07, 6.45) is 1.50. The number of rotatable bonds is 8. The smallest absolute Gasteiger partial charge is 0.277 e. The summed E-state index contributed by atoms with van der Waals surface area (Å²) in [7, 11) is 3.14. The third-order valence-electron chi connectivity index (χ3n) is 4.16. The lowest BCUT2D eigenvalue weighted by Crippen LogP contribution is -2.24. The molecule has 0 saturated carbocycles. The van der Waals surface area contributed by atoms with E-state index in [1.807, 2.05) is 54.6 Å². The molecule has 1 N–H and O–H groups in total. The van der Waals surface area contributed by atoms with Crippen LogP contribution in [0.1, 0.15) is 5.56 Å². The number of ether oxygens (including phenoxy) is 3. The van der Waals surface area contributed by atoms with Gasteiger partial charge in [-0.15, -0.1) is 0 Å². The molecule has 0 unspecified atom stereocenters. The van der Waals surface area contributed by atoms with E-state index in [0.717, 1.165) is 11.1 Å². The third-order valence-corrected chi connectivity index (χ3v) is 4.16. The van der Waals surface area contributed by atoms with Crippen molar-refractivity contribution >= 4 is 12.1 Å². The van der Waals surface area contributed by atoms with E-state index in [1.54, 1.807) is 32.4 Å². The maximum Gasteiger partial charge on any atom is 0.277 e. The molecule has 3 aromatic carbocycles. The van der Waals surface area contributed by atoms with Gasteiger partial charge in [0.1, 0.15) is 17.2 Å². The first kappa shape index (κ1) is 19.9. The van der Waals surface area contributed by atoms with E-state index >= 15 is 0 Å². The van der Waals surface area contributed by atoms with E-state index in [2.05, 4.69) is 10.5 Å². The van der Waals surface area contributed by atoms with Crippen LogP contribution in [0.3, 0.4) is 0 Å². The van der Waals surface area contributed by atoms with Gasteiger partial charge in [0.2, 0.25) is 0 Å². The van der Waals surface area contributed by atoms with E-state index in [9.17, 15) is 4.79 Å². The van der Waals surface area contributed by atoms with Crippen LogP contribution >= 0.6 is 0 Å². The highest BCUT2D eigenvalue weighted by Crippen LogP contribution is 2.23. The zero-order valence-electron chi connectivity index (χ0n) is 16.3. The molecular formula is C23H22N2O4. The van der Waals surface area contributed by atoms with Crippen LogP contribution in [0.25, 0.3) is 11.1 Å². The Bertz CT molecular complexity index is 970. The van der Waals surface area contributed by atoms with Crippen LogP contribution in [-0.2, 0) is 4.79 Å². The summed E-state index contributed by atoms with van der Waals surface area (Å²) in [5, 5.41) is 3.95. The Morgan fingerprint density at radius 2 is 1.59 bits per heavy atom. The molecule has 0 atom stereocenters. The van der Waals surface area contributed by atoms with Crippen LogP contribution < -0.4 is 19.6 Å². The Labute approximate surface area is 169 Å². The Morgan fingerprint density at radius 3 is 2.28 bits per heavy atom. The molecule has 0 saturated heterocycles. The first-order chi connectivity index (χ1) is 14.2. The molecule has 0 radical (unpaired) electrons. The summed E-state index contributed by atoms with van der Waals surface area (Å²) in [6.45, 7) is -0.137. The van der Waals surface area contributed by atoms with Gasteiger partial charge in [-0.2, -0.15) is 5.10 Å². The van der Waals surface area contributed by atoms with Gasteiger partial charge in [0.15, 0.2) is 6.61 Å². The number of hydrogen-bond donors (Lipinski definition) is 1. The number of carbonyl (C=O) groups is 1. The predicted octanol–water partition coefficient (Wildman–Crippen LogP) is 3.90. The maximum atomic E-state index is 11.9. The maximum absolute atomic E-state index is 11.9. The minimum atomic E-state index is -0.360. The van der Waals surface area contributed by atoms with Gasteiger partial charge in [-0.3, -0.25) is 4.79 Å². The second-order valence-corrected chi connectivity index (χ2v) is 6.08. The second kappa shape index (κ2) is 9.94. The van der Waals surface area contributed by atoms with E-state index in [1.165, 1.54) is 6.21 Å². The van der Waals surface area contributed by atoms with Crippen LogP contribution in [0, 0.1) is 0 Å². The fraction of sp³-hybridized carbons (Fsp3) is 0.130. The SMILES string of the molecule is COc1ccc(/C=N/NC(=O)COc2ccc(-c3ccccc3)cc2)c(OC)c1. The van der Waals surface area contributed by atoms with Gasteiger partial charge in [-0.25, -0.2) is 5.43 Å². The largest absolute Gasteiger partial charge is 0.497 e. The molecule has 6 heteroatoms. The number of nitrogens with one attached hydrogen (secondary N) is 1. The predicted molar refractivity (Wildman–Crippen MR) is 113 cm³/mol. The zero-order chi connectivity index (χ0) is 20.5. The monoisotopic (exact) mass is 390 g/mol.